The number of benzene rings is 1. The molecule has 2 heterocycles. The standard InChI is InChI=1S/C17H21N5O4/c1-10-19-15(21-20-10)14-7-13(26-2)9-22(14)17(25)18-8-11-3-5-12(6-4-11)16(23)24/h3-6,13-14H,7-9H2,1-2H3,(H,18,25)(H,23,24)(H,19,20,21)/t13-,14+/m1/s1. The van der Waals surface area contributed by atoms with Crippen LogP contribution in [0.1, 0.15) is 40.0 Å². The van der Waals surface area contributed by atoms with Gasteiger partial charge in [0.05, 0.1) is 17.7 Å². The number of nitrogens with one attached hydrogen (secondary N) is 2. The van der Waals surface area contributed by atoms with Crippen molar-refractivity contribution < 1.29 is 19.4 Å². The molecular weight excluding hydrogens is 338 g/mol. The van der Waals surface area contributed by atoms with Gasteiger partial charge in [-0.1, -0.05) is 12.1 Å². The van der Waals surface area contributed by atoms with Gasteiger partial charge in [-0.2, -0.15) is 5.10 Å². The average Bonchev–Trinajstić information content (AvgIpc) is 3.26. The predicted molar refractivity (Wildman–Crippen MR) is 91.6 cm³/mol. The molecule has 2 aromatic rings. The first-order valence-electron chi connectivity index (χ1n) is 8.26. The van der Waals surface area contributed by atoms with Gasteiger partial charge in [-0.15, -0.1) is 0 Å². The molecule has 2 atom stereocenters. The molecule has 1 fully saturated rings. The van der Waals surface area contributed by atoms with E-state index < -0.39 is 5.97 Å². The van der Waals surface area contributed by atoms with E-state index in [2.05, 4.69) is 20.5 Å². The molecule has 1 aromatic heterocycles. The molecule has 0 saturated carbocycles. The third kappa shape index (κ3) is 3.83. The molecule has 0 aliphatic carbocycles. The second-order valence-corrected chi connectivity index (χ2v) is 6.20. The Morgan fingerprint density at radius 2 is 2.12 bits per heavy atom. The molecule has 138 valence electrons. The minimum absolute atomic E-state index is 0.0700. The fourth-order valence-corrected chi connectivity index (χ4v) is 2.99. The number of carbonyl (C=O) groups is 2. The molecule has 3 N–H and O–H groups in total. The van der Waals surface area contributed by atoms with Crippen molar-refractivity contribution in [3.05, 3.63) is 47.0 Å². The molecule has 9 nitrogen and oxygen atoms in total. The molecular formula is C17H21N5O4. The molecule has 1 saturated heterocycles. The van der Waals surface area contributed by atoms with Crippen molar-refractivity contribution in [2.45, 2.75) is 32.0 Å². The number of ether oxygens (including phenoxy) is 1. The van der Waals surface area contributed by atoms with Crippen LogP contribution in [-0.2, 0) is 11.3 Å². The molecule has 0 spiro atoms. The minimum atomic E-state index is -0.979. The van der Waals surface area contributed by atoms with Crippen LogP contribution < -0.4 is 5.32 Å². The van der Waals surface area contributed by atoms with Gasteiger partial charge in [0.15, 0.2) is 5.82 Å². The van der Waals surface area contributed by atoms with Crippen LogP contribution in [-0.4, -0.2) is 56.9 Å². The molecule has 3 rings (SSSR count). The molecule has 2 amide bonds. The van der Waals surface area contributed by atoms with E-state index in [0.29, 0.717) is 31.2 Å². The molecule has 1 aromatic carbocycles. The van der Waals surface area contributed by atoms with Crippen LogP contribution in [0.5, 0.6) is 0 Å². The van der Waals surface area contributed by atoms with Gasteiger partial charge in [-0.3, -0.25) is 5.10 Å². The molecule has 26 heavy (non-hydrogen) atoms. The number of hydrogen-bond acceptors (Lipinski definition) is 5. The Bertz CT molecular complexity index is 789. The first kappa shape index (κ1) is 17.9. The van der Waals surface area contributed by atoms with Crippen molar-refractivity contribution in [2.75, 3.05) is 13.7 Å². The number of aromatic nitrogens is 3. The van der Waals surface area contributed by atoms with Gasteiger partial charge >= 0.3 is 12.0 Å². The van der Waals surface area contributed by atoms with Crippen molar-refractivity contribution in [3.8, 4) is 0 Å². The Kier molecular flexibility index (Phi) is 5.17. The maximum absolute atomic E-state index is 12.6. The molecule has 9 heteroatoms. The highest BCUT2D eigenvalue weighted by Gasteiger charge is 2.38. The first-order valence-corrected chi connectivity index (χ1v) is 8.26. The lowest BCUT2D eigenvalue weighted by Crippen LogP contribution is -2.40. The number of carboxylic acids is 1. The average molecular weight is 359 g/mol. The van der Waals surface area contributed by atoms with Crippen LogP contribution in [0.3, 0.4) is 0 Å². The highest BCUT2D eigenvalue weighted by Crippen LogP contribution is 2.31. The van der Waals surface area contributed by atoms with Crippen LogP contribution in [0.4, 0.5) is 4.79 Å². The Balaban J connectivity index is 1.66. The summed E-state index contributed by atoms with van der Waals surface area (Å²) in [6.45, 7) is 2.57. The van der Waals surface area contributed by atoms with E-state index in [9.17, 15) is 9.59 Å². The summed E-state index contributed by atoms with van der Waals surface area (Å²) in [5.41, 5.74) is 1.03. The van der Waals surface area contributed by atoms with Crippen molar-refractivity contribution in [1.29, 1.82) is 0 Å². The fourth-order valence-electron chi connectivity index (χ4n) is 2.99. The topological polar surface area (TPSA) is 120 Å². The summed E-state index contributed by atoms with van der Waals surface area (Å²) in [4.78, 5) is 29.5. The monoisotopic (exact) mass is 359 g/mol. The van der Waals surface area contributed by atoms with Gasteiger partial charge < -0.3 is 20.1 Å². The number of carboxylic acid groups (broad SMARTS) is 1. The van der Waals surface area contributed by atoms with E-state index >= 15 is 0 Å². The van der Waals surface area contributed by atoms with Gasteiger partial charge in [-0.05, 0) is 24.6 Å². The largest absolute Gasteiger partial charge is 0.478 e. The van der Waals surface area contributed by atoms with E-state index in [1.165, 1.54) is 12.1 Å². The summed E-state index contributed by atoms with van der Waals surface area (Å²) < 4.78 is 5.41. The van der Waals surface area contributed by atoms with Gasteiger partial charge in [-0.25, -0.2) is 14.6 Å². The Morgan fingerprint density at radius 3 is 2.69 bits per heavy atom. The minimum Gasteiger partial charge on any atom is -0.478 e. The van der Waals surface area contributed by atoms with Gasteiger partial charge in [0.1, 0.15) is 5.82 Å². The third-order valence-corrected chi connectivity index (χ3v) is 4.41. The normalized spacial score (nSPS) is 19.5. The Labute approximate surface area is 150 Å². The zero-order valence-corrected chi connectivity index (χ0v) is 14.6. The highest BCUT2D eigenvalue weighted by molar-refractivity contribution is 5.87. The van der Waals surface area contributed by atoms with E-state index in [4.69, 9.17) is 9.84 Å². The predicted octanol–water partition coefficient (Wildman–Crippen LogP) is 1.48. The van der Waals surface area contributed by atoms with Gasteiger partial charge in [0, 0.05) is 26.6 Å². The van der Waals surface area contributed by atoms with E-state index in [-0.39, 0.29) is 23.7 Å². The lowest BCUT2D eigenvalue weighted by molar-refractivity contribution is 0.0697. The van der Waals surface area contributed by atoms with Crippen molar-refractivity contribution in [3.63, 3.8) is 0 Å². The molecule has 0 bridgehead atoms. The van der Waals surface area contributed by atoms with E-state index in [0.717, 1.165) is 5.56 Å². The lowest BCUT2D eigenvalue weighted by atomic mass is 10.1. The Morgan fingerprint density at radius 1 is 1.38 bits per heavy atom. The molecule has 1 aliphatic heterocycles. The summed E-state index contributed by atoms with van der Waals surface area (Å²) in [6.07, 6.45) is 0.563. The van der Waals surface area contributed by atoms with Crippen LogP contribution in [0.15, 0.2) is 24.3 Å². The van der Waals surface area contributed by atoms with Crippen molar-refractivity contribution >= 4 is 12.0 Å². The number of methoxy groups -OCH3 is 1. The van der Waals surface area contributed by atoms with Crippen molar-refractivity contribution in [1.82, 2.24) is 25.4 Å². The van der Waals surface area contributed by atoms with Crippen molar-refractivity contribution in [2.24, 2.45) is 0 Å². The van der Waals surface area contributed by atoms with Gasteiger partial charge in [0.2, 0.25) is 0 Å². The highest BCUT2D eigenvalue weighted by atomic mass is 16.5. The number of aromatic amines is 1. The quantitative estimate of drug-likeness (QED) is 0.744. The molecule has 1 aliphatic rings. The van der Waals surface area contributed by atoms with Gasteiger partial charge in [0.25, 0.3) is 0 Å². The summed E-state index contributed by atoms with van der Waals surface area (Å²) in [7, 11) is 1.62. The van der Waals surface area contributed by atoms with Crippen LogP contribution >= 0.6 is 0 Å². The summed E-state index contributed by atoms with van der Waals surface area (Å²) in [5.74, 6) is 0.288. The zero-order valence-electron chi connectivity index (χ0n) is 14.6. The number of hydrogen-bond donors (Lipinski definition) is 3. The SMILES string of the molecule is CO[C@@H]1C[C@@H](c2n[nH]c(C)n2)N(C(=O)NCc2ccc(C(=O)O)cc2)C1. The van der Waals surface area contributed by atoms with E-state index in [1.54, 1.807) is 24.1 Å². The third-order valence-electron chi connectivity index (χ3n) is 4.41. The summed E-state index contributed by atoms with van der Waals surface area (Å²) >= 11 is 0. The lowest BCUT2D eigenvalue weighted by Gasteiger charge is -2.22. The second-order valence-electron chi connectivity index (χ2n) is 6.20. The zero-order chi connectivity index (χ0) is 18.7. The van der Waals surface area contributed by atoms with Crippen LogP contribution in [0, 0.1) is 6.92 Å². The summed E-state index contributed by atoms with van der Waals surface area (Å²) in [5, 5.41) is 18.8. The maximum Gasteiger partial charge on any atom is 0.335 e. The second kappa shape index (κ2) is 7.52. The molecule has 0 unspecified atom stereocenters. The number of H-pyrrole nitrogens is 1. The Hall–Kier alpha value is -2.94. The number of aryl methyl sites for hydroxylation is 1. The molecule has 0 radical (unpaired) electrons. The summed E-state index contributed by atoms with van der Waals surface area (Å²) in [6, 6.07) is 5.90. The van der Waals surface area contributed by atoms with Crippen LogP contribution in [0.2, 0.25) is 0 Å². The number of nitrogens with zero attached hydrogens (tertiary/aromatic N) is 3. The smallest absolute Gasteiger partial charge is 0.335 e. The maximum atomic E-state index is 12.6. The van der Waals surface area contributed by atoms with Crippen LogP contribution in [0.25, 0.3) is 0 Å². The number of urea groups is 1. The number of likely N-dealkylation sites (tertiary alicyclic amines) is 1. The first-order chi connectivity index (χ1) is 12.5. The van der Waals surface area contributed by atoms with E-state index in [1.807, 2.05) is 6.92 Å². The fraction of sp³-hybridized carbons (Fsp3) is 0.412. The number of aromatic carboxylic acids is 1. The number of rotatable bonds is 5. The number of amides is 2. The number of carbonyl (C=O) groups excluding carboxylic acids is 1.